The largest absolute Gasteiger partial charge is 0.494 e. The second-order valence-corrected chi connectivity index (χ2v) is 11.1. The van der Waals surface area contributed by atoms with E-state index in [9.17, 15) is 4.79 Å². The first kappa shape index (κ1) is 29.9. The van der Waals surface area contributed by atoms with Crippen molar-refractivity contribution in [2.24, 2.45) is 0 Å². The number of carbonyl (C=O) groups excluding carboxylic acids is 1. The molecule has 0 unspecified atom stereocenters. The Morgan fingerprint density at radius 1 is 0.842 bits per heavy atom. The third-order valence-corrected chi connectivity index (χ3v) is 7.70. The maximum Gasteiger partial charge on any atom is 0.224 e. The lowest BCUT2D eigenvalue weighted by Crippen LogP contribution is -2.30. The number of amides is 1. The Bertz CT molecular complexity index is 1030. The molecule has 0 radical (unpaired) electrons. The van der Waals surface area contributed by atoms with Gasteiger partial charge in [-0.3, -0.25) is 4.79 Å². The molecule has 5 heteroatoms. The highest BCUT2D eigenvalue weighted by Crippen LogP contribution is 2.21. The average molecular weight is 536 g/mol. The first-order valence-corrected chi connectivity index (χ1v) is 15.6. The van der Waals surface area contributed by atoms with Crippen LogP contribution in [-0.2, 0) is 17.9 Å². The van der Waals surface area contributed by atoms with E-state index >= 15 is 0 Å². The van der Waals surface area contributed by atoms with Gasteiger partial charge in [0.25, 0.3) is 0 Å². The molecule has 0 aliphatic rings. The Kier molecular flexibility index (Phi) is 14.0. The average Bonchev–Trinajstić information content (AvgIpc) is 3.44. The molecular formula is C33H47N2O2S+. The van der Waals surface area contributed by atoms with Crippen molar-refractivity contribution in [2.75, 3.05) is 11.5 Å². The molecule has 1 heterocycles. The van der Waals surface area contributed by atoms with E-state index in [1.54, 1.807) is 18.3 Å². The van der Waals surface area contributed by atoms with E-state index < -0.39 is 0 Å². The smallest absolute Gasteiger partial charge is 0.224 e. The van der Waals surface area contributed by atoms with E-state index in [1.165, 1.54) is 76.2 Å². The number of aromatic nitrogens is 1. The van der Waals surface area contributed by atoms with Crippen molar-refractivity contribution in [2.45, 2.75) is 104 Å². The summed E-state index contributed by atoms with van der Waals surface area (Å²) in [6.45, 7) is 6.02. The summed E-state index contributed by atoms with van der Waals surface area (Å²) in [7, 11) is 0. The van der Waals surface area contributed by atoms with Gasteiger partial charge in [-0.1, -0.05) is 113 Å². The SMILES string of the molecule is CCCCCCCCCCCCCCOc1cccc(CN(C(C)=O)c2ccc(C[n+]3ccsc3)cc2)c1. The van der Waals surface area contributed by atoms with Crippen molar-refractivity contribution in [3.05, 3.63) is 76.7 Å². The third kappa shape index (κ3) is 11.4. The number of hydrogen-bond acceptors (Lipinski definition) is 3. The predicted molar refractivity (Wildman–Crippen MR) is 160 cm³/mol. The lowest BCUT2D eigenvalue weighted by Gasteiger charge is -2.22. The van der Waals surface area contributed by atoms with Gasteiger partial charge in [-0.2, -0.15) is 4.57 Å². The van der Waals surface area contributed by atoms with Crippen LogP contribution in [0.4, 0.5) is 5.69 Å². The Hall–Kier alpha value is -2.66. The number of ether oxygens (including phenoxy) is 1. The monoisotopic (exact) mass is 535 g/mol. The van der Waals surface area contributed by atoms with Gasteiger partial charge in [0.1, 0.15) is 5.75 Å². The molecule has 4 nitrogen and oxygen atoms in total. The van der Waals surface area contributed by atoms with Gasteiger partial charge in [0.15, 0.2) is 12.7 Å². The summed E-state index contributed by atoms with van der Waals surface area (Å²) in [5.41, 5.74) is 5.31. The second-order valence-electron chi connectivity index (χ2n) is 10.4. The fourth-order valence-corrected chi connectivity index (χ4v) is 5.38. The molecule has 0 aliphatic heterocycles. The number of hydrogen-bond donors (Lipinski definition) is 0. The molecule has 3 aromatic rings. The molecule has 0 fully saturated rings. The molecular weight excluding hydrogens is 488 g/mol. The lowest BCUT2D eigenvalue weighted by atomic mass is 10.1. The molecule has 2 aromatic carbocycles. The van der Waals surface area contributed by atoms with Gasteiger partial charge < -0.3 is 9.64 Å². The summed E-state index contributed by atoms with van der Waals surface area (Å²) >= 11 is 1.69. The van der Waals surface area contributed by atoms with Crippen molar-refractivity contribution in [1.29, 1.82) is 0 Å². The normalized spacial score (nSPS) is 11.0. The highest BCUT2D eigenvalue weighted by molar-refractivity contribution is 7.07. The van der Waals surface area contributed by atoms with Crippen molar-refractivity contribution in [3.63, 3.8) is 0 Å². The summed E-state index contributed by atoms with van der Waals surface area (Å²) in [6.07, 6.45) is 18.2. The van der Waals surface area contributed by atoms with E-state index in [2.05, 4.69) is 52.8 Å². The predicted octanol–water partition coefficient (Wildman–Crippen LogP) is 8.72. The first-order chi connectivity index (χ1) is 18.7. The molecule has 3 rings (SSSR count). The molecule has 0 bridgehead atoms. The number of thiazole rings is 1. The fraction of sp³-hybridized carbons (Fsp3) is 0.515. The van der Waals surface area contributed by atoms with Gasteiger partial charge in [-0.05, 0) is 36.2 Å². The summed E-state index contributed by atoms with van der Waals surface area (Å²) in [6, 6.07) is 16.4. The third-order valence-electron chi connectivity index (χ3n) is 7.03. The number of anilines is 1. The minimum Gasteiger partial charge on any atom is -0.494 e. The van der Waals surface area contributed by atoms with Gasteiger partial charge in [-0.25, -0.2) is 0 Å². The van der Waals surface area contributed by atoms with E-state index in [0.717, 1.165) is 36.6 Å². The highest BCUT2D eigenvalue weighted by atomic mass is 32.1. The fourth-order valence-electron chi connectivity index (χ4n) is 4.78. The van der Waals surface area contributed by atoms with Crippen LogP contribution in [0.15, 0.2) is 65.6 Å². The van der Waals surface area contributed by atoms with Crippen LogP contribution in [-0.4, -0.2) is 12.5 Å². The molecule has 0 N–H and O–H groups in total. The zero-order valence-corrected chi connectivity index (χ0v) is 24.4. The van der Waals surface area contributed by atoms with Crippen molar-refractivity contribution >= 4 is 22.9 Å². The molecule has 0 aliphatic carbocycles. The topological polar surface area (TPSA) is 33.4 Å². The Labute approximate surface area is 234 Å². The molecule has 0 saturated carbocycles. The van der Waals surface area contributed by atoms with Crippen LogP contribution >= 0.6 is 11.3 Å². The van der Waals surface area contributed by atoms with E-state index in [4.69, 9.17) is 4.74 Å². The van der Waals surface area contributed by atoms with Crippen LogP contribution in [0.2, 0.25) is 0 Å². The van der Waals surface area contributed by atoms with Crippen molar-refractivity contribution in [1.82, 2.24) is 0 Å². The van der Waals surface area contributed by atoms with Crippen LogP contribution in [0.3, 0.4) is 0 Å². The van der Waals surface area contributed by atoms with Gasteiger partial charge in [-0.15, -0.1) is 0 Å². The minimum atomic E-state index is 0.0350. The standard InChI is InChI=1S/C33H47N2O2S/c1-3-4-5-6-7-8-9-10-11-12-13-14-23-37-33-17-15-16-31(25-33)27-35(29(2)36)32-20-18-30(19-21-32)26-34-22-24-38-28-34/h15-22,24-25,28H,3-14,23,26-27H2,1-2H3/q+1. The van der Waals surface area contributed by atoms with Crippen LogP contribution in [0.1, 0.15) is 102 Å². The van der Waals surface area contributed by atoms with Gasteiger partial charge in [0, 0.05) is 18.2 Å². The van der Waals surface area contributed by atoms with E-state index in [1.807, 2.05) is 29.2 Å². The Balaban J connectivity index is 1.35. The highest BCUT2D eigenvalue weighted by Gasteiger charge is 2.13. The number of carbonyl (C=O) groups is 1. The Morgan fingerprint density at radius 3 is 2.11 bits per heavy atom. The Morgan fingerprint density at radius 2 is 1.50 bits per heavy atom. The number of unbranched alkanes of at least 4 members (excludes halogenated alkanes) is 11. The molecule has 1 aromatic heterocycles. The van der Waals surface area contributed by atoms with Crippen LogP contribution in [0, 0.1) is 0 Å². The van der Waals surface area contributed by atoms with E-state index in [0.29, 0.717) is 6.54 Å². The van der Waals surface area contributed by atoms with Crippen LogP contribution in [0.25, 0.3) is 0 Å². The number of benzene rings is 2. The summed E-state index contributed by atoms with van der Waals surface area (Å²) in [4.78, 5) is 14.3. The molecule has 38 heavy (non-hydrogen) atoms. The summed E-state index contributed by atoms with van der Waals surface area (Å²) in [5, 5.41) is 2.07. The maximum absolute atomic E-state index is 12.5. The lowest BCUT2D eigenvalue weighted by molar-refractivity contribution is -0.683. The molecule has 0 spiro atoms. The van der Waals surface area contributed by atoms with Gasteiger partial charge >= 0.3 is 0 Å². The van der Waals surface area contributed by atoms with Crippen LogP contribution < -0.4 is 14.2 Å². The van der Waals surface area contributed by atoms with Gasteiger partial charge in [0.05, 0.1) is 18.5 Å². The number of rotatable bonds is 19. The zero-order valence-electron chi connectivity index (χ0n) is 23.6. The molecule has 1 amide bonds. The van der Waals surface area contributed by atoms with Crippen molar-refractivity contribution < 1.29 is 14.1 Å². The van der Waals surface area contributed by atoms with Gasteiger partial charge in [0.2, 0.25) is 11.4 Å². The number of nitrogens with zero attached hydrogens (tertiary/aromatic N) is 2. The molecule has 206 valence electrons. The second kappa shape index (κ2) is 17.8. The first-order valence-electron chi connectivity index (χ1n) is 14.7. The quantitative estimate of drug-likeness (QED) is 0.114. The minimum absolute atomic E-state index is 0.0350. The summed E-state index contributed by atoms with van der Waals surface area (Å²) in [5.74, 6) is 0.921. The maximum atomic E-state index is 12.5. The zero-order chi connectivity index (χ0) is 26.8. The summed E-state index contributed by atoms with van der Waals surface area (Å²) < 4.78 is 8.20. The van der Waals surface area contributed by atoms with Crippen LogP contribution in [0.5, 0.6) is 5.75 Å². The molecule has 0 saturated heterocycles. The van der Waals surface area contributed by atoms with Crippen molar-refractivity contribution in [3.8, 4) is 5.75 Å². The molecule has 0 atom stereocenters. The van der Waals surface area contributed by atoms with E-state index in [-0.39, 0.29) is 5.91 Å².